The zero-order valence-electron chi connectivity index (χ0n) is 11.1. The number of anilines is 1. The number of rotatable bonds is 2. The van der Waals surface area contributed by atoms with Crippen LogP contribution in [0.4, 0.5) is 5.69 Å². The molecule has 0 saturated heterocycles. The highest BCUT2D eigenvalue weighted by Crippen LogP contribution is 2.12. The Bertz CT molecular complexity index is 642. The molecule has 0 spiro atoms. The molecule has 0 fully saturated rings. The van der Waals surface area contributed by atoms with Crippen LogP contribution in [0.15, 0.2) is 48.7 Å². The minimum absolute atomic E-state index is 0.0245. The van der Waals surface area contributed by atoms with Gasteiger partial charge in [-0.25, -0.2) is 4.68 Å². The number of hydrogen-bond acceptors (Lipinski definition) is 3. The Balaban J connectivity index is 1.81. The van der Waals surface area contributed by atoms with Crippen LogP contribution in [0.3, 0.4) is 0 Å². The highest BCUT2D eigenvalue weighted by atomic mass is 16.2. The quantitative estimate of drug-likeness (QED) is 0.668. The Morgan fingerprint density at radius 3 is 2.65 bits per heavy atom. The number of aromatic nitrogens is 2. The summed E-state index contributed by atoms with van der Waals surface area (Å²) in [5.74, 6) is -0.0245. The molecule has 5 nitrogen and oxygen atoms in total. The average molecular weight is 268 g/mol. The van der Waals surface area contributed by atoms with Crippen molar-refractivity contribution in [2.24, 2.45) is 0 Å². The molecule has 2 N–H and O–H groups in total. The van der Waals surface area contributed by atoms with Crippen LogP contribution in [0.1, 0.15) is 16.9 Å². The normalized spacial score (nSPS) is 14.5. The van der Waals surface area contributed by atoms with Crippen LogP contribution in [0.2, 0.25) is 0 Å². The Morgan fingerprint density at radius 2 is 1.95 bits per heavy atom. The Morgan fingerprint density at radius 1 is 1.15 bits per heavy atom. The van der Waals surface area contributed by atoms with Gasteiger partial charge < -0.3 is 10.6 Å². The third kappa shape index (κ3) is 2.42. The van der Waals surface area contributed by atoms with Crippen molar-refractivity contribution in [3.63, 3.8) is 0 Å². The van der Waals surface area contributed by atoms with Crippen LogP contribution in [0.25, 0.3) is 5.69 Å². The van der Waals surface area contributed by atoms with Gasteiger partial charge in [-0.15, -0.1) is 0 Å². The van der Waals surface area contributed by atoms with E-state index in [-0.39, 0.29) is 5.91 Å². The van der Waals surface area contributed by atoms with Gasteiger partial charge in [0.25, 0.3) is 5.91 Å². The molecular weight excluding hydrogens is 252 g/mol. The second-order valence-corrected chi connectivity index (χ2v) is 4.75. The molecule has 0 radical (unpaired) electrons. The first-order valence-electron chi connectivity index (χ1n) is 6.60. The standard InChI is InChI=1S/C15H16N4O/c16-12-4-6-13(7-5-12)19-11-8-14(17-19)15(20)18-9-2-1-3-10-18/h1-2,4-8,11H,3,9-10,16H2. The lowest BCUT2D eigenvalue weighted by molar-refractivity contribution is 0.0764. The van der Waals surface area contributed by atoms with Crippen molar-refractivity contribution in [3.8, 4) is 5.69 Å². The summed E-state index contributed by atoms with van der Waals surface area (Å²) in [5.41, 5.74) is 7.72. The summed E-state index contributed by atoms with van der Waals surface area (Å²) in [7, 11) is 0. The summed E-state index contributed by atoms with van der Waals surface area (Å²) in [5, 5.41) is 4.35. The van der Waals surface area contributed by atoms with Gasteiger partial charge in [-0.1, -0.05) is 12.2 Å². The van der Waals surface area contributed by atoms with Gasteiger partial charge in [0, 0.05) is 25.0 Å². The van der Waals surface area contributed by atoms with Crippen LogP contribution >= 0.6 is 0 Å². The molecule has 1 amide bonds. The van der Waals surface area contributed by atoms with Gasteiger partial charge in [-0.05, 0) is 36.8 Å². The maximum absolute atomic E-state index is 12.3. The van der Waals surface area contributed by atoms with Crippen molar-refractivity contribution < 1.29 is 4.79 Å². The molecule has 0 bridgehead atoms. The third-order valence-corrected chi connectivity index (χ3v) is 3.31. The lowest BCUT2D eigenvalue weighted by Gasteiger charge is -2.22. The SMILES string of the molecule is Nc1ccc(-n2ccc(C(=O)N3CC=CCC3)n2)cc1. The molecule has 0 saturated carbocycles. The van der Waals surface area contributed by atoms with Gasteiger partial charge in [-0.3, -0.25) is 4.79 Å². The predicted octanol–water partition coefficient (Wildman–Crippen LogP) is 1.86. The van der Waals surface area contributed by atoms with Crippen LogP contribution in [-0.2, 0) is 0 Å². The lowest BCUT2D eigenvalue weighted by atomic mass is 10.2. The Kier molecular flexibility index (Phi) is 3.25. The minimum Gasteiger partial charge on any atom is -0.399 e. The minimum atomic E-state index is -0.0245. The monoisotopic (exact) mass is 268 g/mol. The number of benzene rings is 1. The zero-order valence-corrected chi connectivity index (χ0v) is 11.1. The molecule has 2 heterocycles. The molecule has 2 aromatic rings. The number of hydrogen-bond donors (Lipinski definition) is 1. The fraction of sp³-hybridized carbons (Fsp3) is 0.200. The van der Waals surface area contributed by atoms with E-state index in [0.29, 0.717) is 17.9 Å². The van der Waals surface area contributed by atoms with Crippen molar-refractivity contribution in [1.29, 1.82) is 0 Å². The maximum Gasteiger partial charge on any atom is 0.274 e. The molecule has 0 unspecified atom stereocenters. The van der Waals surface area contributed by atoms with Gasteiger partial charge in [0.2, 0.25) is 0 Å². The lowest BCUT2D eigenvalue weighted by Crippen LogP contribution is -2.34. The predicted molar refractivity (Wildman–Crippen MR) is 77.6 cm³/mol. The number of carbonyl (C=O) groups is 1. The van der Waals surface area contributed by atoms with E-state index in [9.17, 15) is 4.79 Å². The number of carbonyl (C=O) groups excluding carboxylic acids is 1. The van der Waals surface area contributed by atoms with Crippen LogP contribution in [-0.4, -0.2) is 33.7 Å². The molecule has 5 heteroatoms. The van der Waals surface area contributed by atoms with Crippen molar-refractivity contribution in [2.75, 3.05) is 18.8 Å². The van der Waals surface area contributed by atoms with Gasteiger partial charge >= 0.3 is 0 Å². The average Bonchev–Trinajstić information content (AvgIpc) is 2.98. The topological polar surface area (TPSA) is 64.2 Å². The smallest absolute Gasteiger partial charge is 0.274 e. The van der Waals surface area contributed by atoms with E-state index in [0.717, 1.165) is 18.7 Å². The van der Waals surface area contributed by atoms with Crippen molar-refractivity contribution in [1.82, 2.24) is 14.7 Å². The van der Waals surface area contributed by atoms with E-state index in [1.165, 1.54) is 0 Å². The molecule has 3 rings (SSSR count). The van der Waals surface area contributed by atoms with Gasteiger partial charge in [0.1, 0.15) is 0 Å². The summed E-state index contributed by atoms with van der Waals surface area (Å²) in [6.07, 6.45) is 6.80. The molecule has 0 aliphatic carbocycles. The van der Waals surface area contributed by atoms with Crippen LogP contribution in [0.5, 0.6) is 0 Å². The highest BCUT2D eigenvalue weighted by molar-refractivity contribution is 5.92. The molecule has 1 aliphatic heterocycles. The van der Waals surface area contributed by atoms with Crippen LogP contribution < -0.4 is 5.73 Å². The molecule has 1 aliphatic rings. The third-order valence-electron chi connectivity index (χ3n) is 3.31. The summed E-state index contributed by atoms with van der Waals surface area (Å²) >= 11 is 0. The molecule has 20 heavy (non-hydrogen) atoms. The molecule has 1 aromatic carbocycles. The van der Waals surface area contributed by atoms with Crippen molar-refractivity contribution in [3.05, 3.63) is 54.4 Å². The molecule has 1 aromatic heterocycles. The highest BCUT2D eigenvalue weighted by Gasteiger charge is 2.18. The van der Waals surface area contributed by atoms with Crippen molar-refractivity contribution in [2.45, 2.75) is 6.42 Å². The van der Waals surface area contributed by atoms with Crippen LogP contribution in [0, 0.1) is 0 Å². The first-order valence-corrected chi connectivity index (χ1v) is 6.60. The zero-order chi connectivity index (χ0) is 13.9. The maximum atomic E-state index is 12.3. The van der Waals surface area contributed by atoms with E-state index in [1.807, 2.05) is 30.3 Å². The largest absolute Gasteiger partial charge is 0.399 e. The summed E-state index contributed by atoms with van der Waals surface area (Å²) < 4.78 is 1.69. The molecular formula is C15H16N4O. The molecule has 102 valence electrons. The molecule has 0 atom stereocenters. The van der Waals surface area contributed by atoms with E-state index < -0.39 is 0 Å². The summed E-state index contributed by atoms with van der Waals surface area (Å²) in [6, 6.07) is 9.12. The number of nitrogen functional groups attached to an aromatic ring is 1. The second-order valence-electron chi connectivity index (χ2n) is 4.75. The van der Waals surface area contributed by atoms with E-state index in [4.69, 9.17) is 5.73 Å². The van der Waals surface area contributed by atoms with E-state index in [1.54, 1.807) is 21.8 Å². The first kappa shape index (κ1) is 12.5. The van der Waals surface area contributed by atoms with Gasteiger partial charge in [0.15, 0.2) is 5.69 Å². The number of nitrogens with zero attached hydrogens (tertiary/aromatic N) is 3. The fourth-order valence-electron chi connectivity index (χ4n) is 2.20. The Hall–Kier alpha value is -2.56. The summed E-state index contributed by atoms with van der Waals surface area (Å²) in [6.45, 7) is 1.41. The summed E-state index contributed by atoms with van der Waals surface area (Å²) in [4.78, 5) is 14.1. The van der Waals surface area contributed by atoms with Gasteiger partial charge in [-0.2, -0.15) is 5.10 Å². The van der Waals surface area contributed by atoms with Crippen molar-refractivity contribution >= 4 is 11.6 Å². The van der Waals surface area contributed by atoms with E-state index in [2.05, 4.69) is 11.2 Å². The first-order chi connectivity index (χ1) is 9.74. The van der Waals surface area contributed by atoms with Gasteiger partial charge in [0.05, 0.1) is 5.69 Å². The number of amides is 1. The second kappa shape index (κ2) is 5.21. The number of nitrogens with two attached hydrogens (primary N) is 1. The van der Waals surface area contributed by atoms with E-state index >= 15 is 0 Å². The Labute approximate surface area is 117 Å². The fourth-order valence-corrected chi connectivity index (χ4v) is 2.20.